The predicted molar refractivity (Wildman–Crippen MR) is 86.3 cm³/mol. The Balaban J connectivity index is 2.20. The normalized spacial score (nSPS) is 12.3. The molecule has 124 valence electrons. The van der Waals surface area contributed by atoms with Crippen molar-refractivity contribution in [1.29, 1.82) is 0 Å². The predicted octanol–water partition coefficient (Wildman–Crippen LogP) is 1.19. The fourth-order valence-electron chi connectivity index (χ4n) is 2.52. The van der Waals surface area contributed by atoms with E-state index in [1.807, 2.05) is 31.2 Å². The molecule has 0 spiro atoms. The quantitative estimate of drug-likeness (QED) is 0.801. The Labute approximate surface area is 133 Å². The van der Waals surface area contributed by atoms with E-state index in [4.69, 9.17) is 5.11 Å². The fourth-order valence-corrected chi connectivity index (χ4v) is 2.52. The molecule has 0 saturated carbocycles. The van der Waals surface area contributed by atoms with Crippen LogP contribution in [-0.4, -0.2) is 32.2 Å². The highest BCUT2D eigenvalue weighted by Gasteiger charge is 2.16. The molecule has 1 aromatic carbocycles. The van der Waals surface area contributed by atoms with Gasteiger partial charge >= 0.3 is 11.7 Å². The molecule has 0 aliphatic heterocycles. The second-order valence-corrected chi connectivity index (χ2v) is 5.45. The lowest BCUT2D eigenvalue weighted by Crippen LogP contribution is -2.39. The van der Waals surface area contributed by atoms with Gasteiger partial charge in [0.2, 0.25) is 5.91 Å². The lowest BCUT2D eigenvalue weighted by atomic mass is 10.3. The summed E-state index contributed by atoms with van der Waals surface area (Å²) in [4.78, 5) is 35.1. The number of nitrogens with zero attached hydrogens (tertiary/aromatic N) is 2. The molecule has 23 heavy (non-hydrogen) atoms. The Morgan fingerprint density at radius 1 is 1.17 bits per heavy atom. The number of imidazole rings is 1. The lowest BCUT2D eigenvalue weighted by molar-refractivity contribution is -0.141. The second kappa shape index (κ2) is 7.13. The summed E-state index contributed by atoms with van der Waals surface area (Å²) in [5, 5.41) is 11.2. The minimum absolute atomic E-state index is 0.0532. The third-order valence-corrected chi connectivity index (χ3v) is 3.68. The van der Waals surface area contributed by atoms with E-state index in [9.17, 15) is 14.4 Å². The van der Waals surface area contributed by atoms with Crippen molar-refractivity contribution in [3.8, 4) is 0 Å². The number of benzene rings is 1. The highest BCUT2D eigenvalue weighted by Crippen LogP contribution is 2.13. The van der Waals surface area contributed by atoms with Crippen LogP contribution in [0.4, 0.5) is 0 Å². The highest BCUT2D eigenvalue weighted by atomic mass is 16.4. The van der Waals surface area contributed by atoms with Crippen molar-refractivity contribution < 1.29 is 14.7 Å². The molecule has 1 aromatic heterocycles. The molecule has 0 aliphatic rings. The summed E-state index contributed by atoms with van der Waals surface area (Å²) in [7, 11) is 0. The van der Waals surface area contributed by atoms with E-state index >= 15 is 0 Å². The first-order valence-corrected chi connectivity index (χ1v) is 7.66. The maximum absolute atomic E-state index is 12.5. The maximum Gasteiger partial charge on any atom is 0.329 e. The summed E-state index contributed by atoms with van der Waals surface area (Å²) >= 11 is 0. The molecule has 1 amide bonds. The van der Waals surface area contributed by atoms with Crippen LogP contribution in [0.1, 0.15) is 26.7 Å². The van der Waals surface area contributed by atoms with Crippen molar-refractivity contribution in [2.24, 2.45) is 0 Å². The van der Waals surface area contributed by atoms with Gasteiger partial charge in [0.15, 0.2) is 0 Å². The third kappa shape index (κ3) is 3.61. The first kappa shape index (κ1) is 16.8. The van der Waals surface area contributed by atoms with Crippen LogP contribution < -0.4 is 11.0 Å². The standard InChI is InChI=1S/C16H21N3O4/c1-3-9-18-12-6-4-5-7-13(12)19(16(18)23)10-8-14(20)17-11(2)15(21)22/h4-7,11H,3,8-10H2,1-2H3,(H,17,20)(H,21,22)/t11-/m1/s1. The summed E-state index contributed by atoms with van der Waals surface area (Å²) in [6.45, 7) is 4.24. The van der Waals surface area contributed by atoms with Crippen LogP contribution in [0.5, 0.6) is 0 Å². The van der Waals surface area contributed by atoms with Gasteiger partial charge in [-0.2, -0.15) is 0 Å². The van der Waals surface area contributed by atoms with Gasteiger partial charge in [-0.25, -0.2) is 4.79 Å². The molecule has 1 heterocycles. The van der Waals surface area contributed by atoms with Gasteiger partial charge in [0, 0.05) is 19.5 Å². The molecular weight excluding hydrogens is 298 g/mol. The number of carbonyl (C=O) groups is 2. The van der Waals surface area contributed by atoms with Gasteiger partial charge in [0.05, 0.1) is 11.0 Å². The number of carboxylic acid groups (broad SMARTS) is 1. The van der Waals surface area contributed by atoms with Crippen LogP contribution in [-0.2, 0) is 22.7 Å². The minimum Gasteiger partial charge on any atom is -0.480 e. The van der Waals surface area contributed by atoms with Gasteiger partial charge in [-0.1, -0.05) is 19.1 Å². The third-order valence-electron chi connectivity index (χ3n) is 3.68. The van der Waals surface area contributed by atoms with Crippen molar-refractivity contribution in [2.45, 2.75) is 45.8 Å². The van der Waals surface area contributed by atoms with Crippen LogP contribution in [0.3, 0.4) is 0 Å². The molecule has 2 N–H and O–H groups in total. The van der Waals surface area contributed by atoms with Gasteiger partial charge in [-0.15, -0.1) is 0 Å². The Morgan fingerprint density at radius 2 is 1.74 bits per heavy atom. The Hall–Kier alpha value is -2.57. The molecule has 0 unspecified atom stereocenters. The molecule has 0 saturated heterocycles. The van der Waals surface area contributed by atoms with Crippen LogP contribution in [0.15, 0.2) is 29.1 Å². The van der Waals surface area contributed by atoms with E-state index in [1.54, 1.807) is 9.13 Å². The number of carbonyl (C=O) groups excluding carboxylic acids is 1. The Bertz CT molecular complexity index is 775. The Morgan fingerprint density at radius 3 is 2.26 bits per heavy atom. The molecule has 0 fully saturated rings. The molecule has 0 bridgehead atoms. The second-order valence-electron chi connectivity index (χ2n) is 5.45. The number of fused-ring (bicyclic) bond motifs is 1. The van der Waals surface area contributed by atoms with Crippen LogP contribution in [0.2, 0.25) is 0 Å². The monoisotopic (exact) mass is 319 g/mol. The number of aromatic nitrogens is 2. The number of aryl methyl sites for hydroxylation is 2. The van der Waals surface area contributed by atoms with Gasteiger partial charge < -0.3 is 10.4 Å². The van der Waals surface area contributed by atoms with Crippen molar-refractivity contribution >= 4 is 22.9 Å². The SMILES string of the molecule is CCCn1c(=O)n(CCC(=O)N[C@H](C)C(=O)O)c2ccccc21. The van der Waals surface area contributed by atoms with Gasteiger partial charge in [-0.05, 0) is 25.5 Å². The zero-order valence-corrected chi connectivity index (χ0v) is 13.3. The number of carboxylic acids is 1. The number of amides is 1. The summed E-state index contributed by atoms with van der Waals surface area (Å²) < 4.78 is 3.27. The number of aliphatic carboxylic acids is 1. The van der Waals surface area contributed by atoms with E-state index in [2.05, 4.69) is 5.32 Å². The number of para-hydroxylation sites is 2. The van der Waals surface area contributed by atoms with E-state index < -0.39 is 12.0 Å². The Kier molecular flexibility index (Phi) is 5.20. The van der Waals surface area contributed by atoms with Crippen molar-refractivity contribution in [3.63, 3.8) is 0 Å². The average molecular weight is 319 g/mol. The van der Waals surface area contributed by atoms with Crippen molar-refractivity contribution in [2.75, 3.05) is 0 Å². The van der Waals surface area contributed by atoms with Gasteiger partial charge in [0.25, 0.3) is 0 Å². The summed E-state index contributed by atoms with van der Waals surface area (Å²) in [6.07, 6.45) is 0.891. The minimum atomic E-state index is -1.09. The highest BCUT2D eigenvalue weighted by molar-refractivity contribution is 5.83. The number of hydrogen-bond donors (Lipinski definition) is 2. The molecule has 0 radical (unpaired) electrons. The molecule has 2 rings (SSSR count). The first-order valence-electron chi connectivity index (χ1n) is 7.66. The van der Waals surface area contributed by atoms with E-state index in [0.29, 0.717) is 6.54 Å². The fraction of sp³-hybridized carbons (Fsp3) is 0.438. The zero-order valence-electron chi connectivity index (χ0n) is 13.3. The molecule has 0 aliphatic carbocycles. The molecule has 2 aromatic rings. The topological polar surface area (TPSA) is 93.3 Å². The number of rotatable bonds is 7. The molecule has 1 atom stereocenters. The van der Waals surface area contributed by atoms with Crippen molar-refractivity contribution in [3.05, 3.63) is 34.7 Å². The van der Waals surface area contributed by atoms with Gasteiger partial charge in [-0.3, -0.25) is 18.7 Å². The summed E-state index contributed by atoms with van der Waals surface area (Å²) in [5.74, 6) is -1.48. The first-order chi connectivity index (χ1) is 11.0. The number of nitrogens with one attached hydrogen (secondary N) is 1. The maximum atomic E-state index is 12.5. The molecule has 7 nitrogen and oxygen atoms in total. The average Bonchev–Trinajstić information content (AvgIpc) is 2.78. The van der Waals surface area contributed by atoms with Crippen LogP contribution in [0.25, 0.3) is 11.0 Å². The lowest BCUT2D eigenvalue weighted by Gasteiger charge is -2.09. The largest absolute Gasteiger partial charge is 0.480 e. The summed E-state index contributed by atoms with van der Waals surface area (Å²) in [6, 6.07) is 6.51. The molecular formula is C16H21N3O4. The van der Waals surface area contributed by atoms with Crippen molar-refractivity contribution in [1.82, 2.24) is 14.5 Å². The van der Waals surface area contributed by atoms with E-state index in [-0.39, 0.29) is 24.6 Å². The van der Waals surface area contributed by atoms with E-state index in [1.165, 1.54) is 6.92 Å². The summed E-state index contributed by atoms with van der Waals surface area (Å²) in [5.41, 5.74) is 1.48. The smallest absolute Gasteiger partial charge is 0.329 e. The number of hydrogen-bond acceptors (Lipinski definition) is 3. The molecule has 7 heteroatoms. The van der Waals surface area contributed by atoms with Crippen LogP contribution in [0, 0.1) is 0 Å². The van der Waals surface area contributed by atoms with E-state index in [0.717, 1.165) is 17.5 Å². The zero-order chi connectivity index (χ0) is 17.0. The van der Waals surface area contributed by atoms with Crippen LogP contribution >= 0.6 is 0 Å². The van der Waals surface area contributed by atoms with Gasteiger partial charge in [0.1, 0.15) is 6.04 Å².